The molecule has 152 valence electrons. The molecule has 2 heterocycles. The number of carboxylic acid groups (broad SMARTS) is 1. The van der Waals surface area contributed by atoms with E-state index >= 15 is 0 Å². The minimum Gasteiger partial charge on any atom is -0.478 e. The lowest BCUT2D eigenvalue weighted by Crippen LogP contribution is -2.16. The number of aromatic carboxylic acids is 1. The van der Waals surface area contributed by atoms with Gasteiger partial charge < -0.3 is 5.11 Å². The molecule has 0 aliphatic carbocycles. The Labute approximate surface area is 182 Å². The first-order valence-corrected chi connectivity index (χ1v) is 10.5. The van der Waals surface area contributed by atoms with Crippen molar-refractivity contribution in [2.45, 2.75) is 20.8 Å². The third kappa shape index (κ3) is 3.69. The molecule has 0 bridgehead atoms. The third-order valence-corrected chi connectivity index (χ3v) is 6.02. The zero-order valence-electron chi connectivity index (χ0n) is 16.6. The summed E-state index contributed by atoms with van der Waals surface area (Å²) >= 11 is 7.68. The topological polar surface area (TPSA) is 82.1 Å². The molecule has 2 aromatic heterocycles. The Morgan fingerprint density at radius 2 is 1.90 bits per heavy atom. The number of benzene rings is 2. The Kier molecular flexibility index (Phi) is 5.32. The van der Waals surface area contributed by atoms with Crippen LogP contribution in [0.4, 0.5) is 17.2 Å². The van der Waals surface area contributed by atoms with Gasteiger partial charge in [0.1, 0.15) is 10.8 Å². The molecule has 0 fully saturated rings. The number of aryl methyl sites for hydroxylation is 3. The number of nitrogens with zero attached hydrogens (tertiary/aromatic N) is 3. The Balaban J connectivity index is 1.92. The van der Waals surface area contributed by atoms with E-state index in [9.17, 15) is 9.90 Å². The third-order valence-electron chi connectivity index (χ3n) is 4.79. The minimum absolute atomic E-state index is 0.105. The number of thiazole rings is 1. The number of halogens is 1. The molecule has 0 atom stereocenters. The standard InChI is InChI=1S/C22H19ClN4O2S/c1-12-9-19(13(2)8-16(12)21-25-14(3)11-30-21)27(20-6-7-24-26-20)18-5-4-15(23)10-17(18)22(28)29/h4-11H,1-3H3,(H,24,26)(H,28,29). The maximum absolute atomic E-state index is 12.0. The quantitative estimate of drug-likeness (QED) is 0.383. The molecule has 0 amide bonds. The highest BCUT2D eigenvalue weighted by molar-refractivity contribution is 7.13. The summed E-state index contributed by atoms with van der Waals surface area (Å²) in [6.07, 6.45) is 1.63. The van der Waals surface area contributed by atoms with Gasteiger partial charge >= 0.3 is 5.97 Å². The highest BCUT2D eigenvalue weighted by atomic mass is 35.5. The summed E-state index contributed by atoms with van der Waals surface area (Å²) in [6.45, 7) is 6.00. The van der Waals surface area contributed by atoms with Gasteiger partial charge in [0, 0.05) is 27.7 Å². The van der Waals surface area contributed by atoms with Gasteiger partial charge in [-0.3, -0.25) is 10.00 Å². The van der Waals surface area contributed by atoms with Crippen LogP contribution < -0.4 is 4.90 Å². The first-order valence-electron chi connectivity index (χ1n) is 9.21. The van der Waals surface area contributed by atoms with Gasteiger partial charge in [-0.15, -0.1) is 11.3 Å². The number of carboxylic acids is 1. The second kappa shape index (κ2) is 7.93. The molecule has 8 heteroatoms. The van der Waals surface area contributed by atoms with Crippen molar-refractivity contribution in [2.75, 3.05) is 4.90 Å². The zero-order valence-corrected chi connectivity index (χ0v) is 18.2. The molecule has 6 nitrogen and oxygen atoms in total. The number of aromatic nitrogens is 3. The van der Waals surface area contributed by atoms with Crippen LogP contribution in [0.25, 0.3) is 10.6 Å². The largest absolute Gasteiger partial charge is 0.478 e. The molecule has 0 radical (unpaired) electrons. The van der Waals surface area contributed by atoms with E-state index in [-0.39, 0.29) is 5.56 Å². The average Bonchev–Trinajstić information content (AvgIpc) is 3.37. The van der Waals surface area contributed by atoms with Crippen molar-refractivity contribution in [1.29, 1.82) is 0 Å². The highest BCUT2D eigenvalue weighted by Crippen LogP contribution is 2.41. The summed E-state index contributed by atoms with van der Waals surface area (Å²) in [4.78, 5) is 18.4. The summed E-state index contributed by atoms with van der Waals surface area (Å²) in [5.41, 5.74) is 5.52. The smallest absolute Gasteiger partial charge is 0.337 e. The molecular weight excluding hydrogens is 420 g/mol. The molecular formula is C22H19ClN4O2S. The summed E-state index contributed by atoms with van der Waals surface area (Å²) < 4.78 is 0. The number of rotatable bonds is 5. The van der Waals surface area contributed by atoms with Crippen LogP contribution in [0.2, 0.25) is 5.02 Å². The van der Waals surface area contributed by atoms with Crippen molar-refractivity contribution >= 4 is 46.1 Å². The van der Waals surface area contributed by atoms with E-state index < -0.39 is 5.97 Å². The molecule has 0 aliphatic heterocycles. The first kappa shape index (κ1) is 20.1. The maximum atomic E-state index is 12.0. The van der Waals surface area contributed by atoms with Crippen LogP contribution in [-0.2, 0) is 0 Å². The Bertz CT molecular complexity index is 1230. The molecule has 4 rings (SSSR count). The summed E-state index contributed by atoms with van der Waals surface area (Å²) in [7, 11) is 0. The number of carbonyl (C=O) groups is 1. The molecule has 4 aromatic rings. The molecule has 0 saturated heterocycles. The van der Waals surface area contributed by atoms with E-state index in [0.29, 0.717) is 16.5 Å². The van der Waals surface area contributed by atoms with Crippen LogP contribution in [0, 0.1) is 20.8 Å². The van der Waals surface area contributed by atoms with E-state index in [4.69, 9.17) is 11.6 Å². The van der Waals surface area contributed by atoms with Crippen molar-refractivity contribution in [2.24, 2.45) is 0 Å². The zero-order chi connectivity index (χ0) is 21.4. The van der Waals surface area contributed by atoms with Crippen LogP contribution in [0.5, 0.6) is 0 Å². The van der Waals surface area contributed by atoms with Crippen molar-refractivity contribution in [3.63, 3.8) is 0 Å². The number of hydrogen-bond donors (Lipinski definition) is 2. The fourth-order valence-corrected chi connectivity index (χ4v) is 4.44. The molecule has 30 heavy (non-hydrogen) atoms. The fourth-order valence-electron chi connectivity index (χ4n) is 3.39. The second-order valence-electron chi connectivity index (χ2n) is 6.99. The second-order valence-corrected chi connectivity index (χ2v) is 8.29. The Morgan fingerprint density at radius 1 is 1.10 bits per heavy atom. The number of anilines is 3. The van der Waals surface area contributed by atoms with Gasteiger partial charge in [-0.05, 0) is 62.2 Å². The summed E-state index contributed by atoms with van der Waals surface area (Å²) in [5.74, 6) is -0.401. The normalized spacial score (nSPS) is 10.9. The lowest BCUT2D eigenvalue weighted by molar-refractivity contribution is 0.0698. The predicted octanol–water partition coefficient (Wildman–Crippen LogP) is 6.28. The average molecular weight is 439 g/mol. The van der Waals surface area contributed by atoms with Crippen molar-refractivity contribution in [3.8, 4) is 10.6 Å². The van der Waals surface area contributed by atoms with E-state index in [1.165, 1.54) is 6.07 Å². The van der Waals surface area contributed by atoms with E-state index in [1.54, 1.807) is 35.7 Å². The summed E-state index contributed by atoms with van der Waals surface area (Å²) in [5, 5.41) is 20.1. The van der Waals surface area contributed by atoms with Gasteiger partial charge in [-0.25, -0.2) is 9.78 Å². The maximum Gasteiger partial charge on any atom is 0.337 e. The van der Waals surface area contributed by atoms with Gasteiger partial charge in [0.05, 0.1) is 23.1 Å². The van der Waals surface area contributed by atoms with Crippen molar-refractivity contribution < 1.29 is 9.90 Å². The molecule has 0 saturated carbocycles. The van der Waals surface area contributed by atoms with Crippen LogP contribution >= 0.6 is 22.9 Å². The van der Waals surface area contributed by atoms with Crippen LogP contribution in [-0.4, -0.2) is 26.3 Å². The monoisotopic (exact) mass is 438 g/mol. The minimum atomic E-state index is -1.05. The van der Waals surface area contributed by atoms with Gasteiger partial charge in [-0.2, -0.15) is 5.10 Å². The molecule has 2 aromatic carbocycles. The molecule has 2 N–H and O–H groups in total. The SMILES string of the molecule is Cc1csc(-c2cc(C)c(N(c3ccn[nH]3)c3ccc(Cl)cc3C(=O)O)cc2C)n1. The Hall–Kier alpha value is -3.16. The molecule has 0 aliphatic rings. The van der Waals surface area contributed by atoms with Crippen molar-refractivity contribution in [3.05, 3.63) is 75.4 Å². The fraction of sp³-hybridized carbons (Fsp3) is 0.136. The Morgan fingerprint density at radius 3 is 2.53 bits per heavy atom. The number of hydrogen-bond acceptors (Lipinski definition) is 5. The number of aromatic amines is 1. The van der Waals surface area contributed by atoms with E-state index in [2.05, 4.69) is 21.2 Å². The lowest BCUT2D eigenvalue weighted by atomic mass is 10.0. The predicted molar refractivity (Wildman–Crippen MR) is 121 cm³/mol. The highest BCUT2D eigenvalue weighted by Gasteiger charge is 2.23. The summed E-state index contributed by atoms with van der Waals surface area (Å²) in [6, 6.07) is 10.8. The lowest BCUT2D eigenvalue weighted by Gasteiger charge is -2.27. The number of H-pyrrole nitrogens is 1. The van der Waals surface area contributed by atoms with E-state index in [1.807, 2.05) is 37.1 Å². The van der Waals surface area contributed by atoms with Crippen LogP contribution in [0.3, 0.4) is 0 Å². The number of nitrogens with one attached hydrogen (secondary N) is 1. The van der Waals surface area contributed by atoms with Gasteiger partial charge in [0.25, 0.3) is 0 Å². The van der Waals surface area contributed by atoms with E-state index in [0.717, 1.165) is 33.1 Å². The van der Waals surface area contributed by atoms with Crippen molar-refractivity contribution in [1.82, 2.24) is 15.2 Å². The molecule has 0 spiro atoms. The van der Waals surface area contributed by atoms with Crippen LogP contribution in [0.1, 0.15) is 27.2 Å². The molecule has 0 unspecified atom stereocenters. The van der Waals surface area contributed by atoms with Gasteiger partial charge in [-0.1, -0.05) is 11.6 Å². The van der Waals surface area contributed by atoms with Crippen LogP contribution in [0.15, 0.2) is 48.0 Å². The first-order chi connectivity index (χ1) is 14.3. The van der Waals surface area contributed by atoms with Gasteiger partial charge in [0.15, 0.2) is 0 Å². The van der Waals surface area contributed by atoms with Gasteiger partial charge in [0.2, 0.25) is 0 Å².